The molecule has 1 aliphatic carbocycles. The Balaban J connectivity index is 2.02. The van der Waals surface area contributed by atoms with Crippen molar-refractivity contribution in [1.82, 2.24) is 10.2 Å². The highest BCUT2D eigenvalue weighted by molar-refractivity contribution is 5.16. The van der Waals surface area contributed by atoms with Crippen molar-refractivity contribution in [3.05, 3.63) is 35.6 Å². The van der Waals surface area contributed by atoms with E-state index in [1.807, 2.05) is 12.1 Å². The van der Waals surface area contributed by atoms with Gasteiger partial charge in [-0.15, -0.1) is 0 Å². The first-order valence-corrected chi connectivity index (χ1v) is 8.12. The Bertz CT molecular complexity index is 441. The Kier molecular flexibility index (Phi) is 5.39. The predicted molar refractivity (Wildman–Crippen MR) is 86.8 cm³/mol. The van der Waals surface area contributed by atoms with Crippen molar-refractivity contribution in [3.63, 3.8) is 0 Å². The van der Waals surface area contributed by atoms with Crippen LogP contribution in [-0.2, 0) is 6.54 Å². The molecule has 1 saturated carbocycles. The summed E-state index contributed by atoms with van der Waals surface area (Å²) in [7, 11) is 2.19. The molecular weight excluding hydrogens is 263 g/mol. The van der Waals surface area contributed by atoms with Gasteiger partial charge < -0.3 is 5.32 Å². The molecule has 0 heterocycles. The number of benzene rings is 1. The summed E-state index contributed by atoms with van der Waals surface area (Å²) >= 11 is 0. The minimum atomic E-state index is -0.161. The first-order chi connectivity index (χ1) is 9.94. The van der Waals surface area contributed by atoms with Gasteiger partial charge in [-0.25, -0.2) is 4.39 Å². The average Bonchev–Trinajstić information content (AvgIpc) is 2.74. The van der Waals surface area contributed by atoms with Crippen LogP contribution in [0.3, 0.4) is 0 Å². The summed E-state index contributed by atoms with van der Waals surface area (Å²) in [6.45, 7) is 8.91. The molecule has 1 aliphatic rings. The molecule has 2 unspecified atom stereocenters. The van der Waals surface area contributed by atoms with Crippen LogP contribution in [0.2, 0.25) is 0 Å². The van der Waals surface area contributed by atoms with E-state index in [2.05, 4.69) is 38.0 Å². The lowest BCUT2D eigenvalue weighted by atomic mass is 9.86. The molecule has 1 N–H and O–H groups in total. The van der Waals surface area contributed by atoms with E-state index in [4.69, 9.17) is 0 Å². The third kappa shape index (κ3) is 4.04. The molecule has 1 aromatic carbocycles. The minimum Gasteiger partial charge on any atom is -0.312 e. The maximum absolute atomic E-state index is 13.0. The van der Waals surface area contributed by atoms with E-state index in [1.54, 1.807) is 12.1 Å². The highest BCUT2D eigenvalue weighted by Crippen LogP contribution is 2.39. The molecule has 21 heavy (non-hydrogen) atoms. The van der Waals surface area contributed by atoms with Gasteiger partial charge in [0.25, 0.3) is 0 Å². The molecule has 0 aliphatic heterocycles. The van der Waals surface area contributed by atoms with Crippen LogP contribution in [0.15, 0.2) is 24.3 Å². The predicted octanol–water partition coefficient (Wildman–Crippen LogP) is 3.81. The summed E-state index contributed by atoms with van der Waals surface area (Å²) in [5.41, 5.74) is 1.52. The van der Waals surface area contributed by atoms with E-state index < -0.39 is 0 Å². The quantitative estimate of drug-likeness (QED) is 0.857. The van der Waals surface area contributed by atoms with Crippen molar-refractivity contribution in [2.45, 2.75) is 58.7 Å². The molecular formula is C18H29FN2. The minimum absolute atomic E-state index is 0.161. The molecule has 2 nitrogen and oxygen atoms in total. The Morgan fingerprint density at radius 3 is 2.57 bits per heavy atom. The van der Waals surface area contributed by atoms with E-state index in [1.165, 1.54) is 24.8 Å². The smallest absolute Gasteiger partial charge is 0.123 e. The van der Waals surface area contributed by atoms with Crippen LogP contribution in [0.4, 0.5) is 4.39 Å². The van der Waals surface area contributed by atoms with Crippen molar-refractivity contribution in [3.8, 4) is 0 Å². The second-order valence-corrected chi connectivity index (χ2v) is 7.07. The van der Waals surface area contributed by atoms with E-state index in [-0.39, 0.29) is 5.82 Å². The van der Waals surface area contributed by atoms with Gasteiger partial charge in [-0.3, -0.25) is 4.90 Å². The summed E-state index contributed by atoms with van der Waals surface area (Å²) in [6, 6.07) is 7.96. The van der Waals surface area contributed by atoms with E-state index in [9.17, 15) is 4.39 Å². The standard InChI is InChI=1S/C18H29FN2/c1-5-12-20-17-16(10-11-18(17,2)3)21(4)13-14-6-8-15(19)9-7-14/h6-9,16-17,20H,5,10-13H2,1-4H3. The van der Waals surface area contributed by atoms with Gasteiger partial charge in [0.2, 0.25) is 0 Å². The first-order valence-electron chi connectivity index (χ1n) is 8.12. The molecule has 2 atom stereocenters. The van der Waals surface area contributed by atoms with Gasteiger partial charge in [-0.2, -0.15) is 0 Å². The number of hydrogen-bond donors (Lipinski definition) is 1. The number of nitrogens with one attached hydrogen (secondary N) is 1. The Morgan fingerprint density at radius 1 is 1.29 bits per heavy atom. The maximum atomic E-state index is 13.0. The van der Waals surface area contributed by atoms with Crippen molar-refractivity contribution in [2.24, 2.45) is 5.41 Å². The summed E-state index contributed by atoms with van der Waals surface area (Å²) in [6.07, 6.45) is 3.65. The Labute approximate surface area is 128 Å². The fraction of sp³-hybridized carbons (Fsp3) is 0.667. The van der Waals surface area contributed by atoms with Gasteiger partial charge in [0.15, 0.2) is 0 Å². The lowest BCUT2D eigenvalue weighted by molar-refractivity contribution is 0.165. The summed E-state index contributed by atoms with van der Waals surface area (Å²) < 4.78 is 13.0. The molecule has 0 aromatic heterocycles. The molecule has 0 bridgehead atoms. The fourth-order valence-corrected chi connectivity index (χ4v) is 3.54. The van der Waals surface area contributed by atoms with Crippen molar-refractivity contribution >= 4 is 0 Å². The second-order valence-electron chi connectivity index (χ2n) is 7.07. The molecule has 0 radical (unpaired) electrons. The zero-order valence-electron chi connectivity index (χ0n) is 13.8. The number of likely N-dealkylation sites (N-methyl/N-ethyl adjacent to an activating group) is 1. The van der Waals surface area contributed by atoms with Crippen LogP contribution in [-0.4, -0.2) is 30.6 Å². The van der Waals surface area contributed by atoms with Crippen molar-refractivity contribution in [2.75, 3.05) is 13.6 Å². The summed E-state index contributed by atoms with van der Waals surface area (Å²) in [5, 5.41) is 3.75. The van der Waals surface area contributed by atoms with E-state index in [0.29, 0.717) is 17.5 Å². The van der Waals surface area contributed by atoms with Gasteiger partial charge in [-0.05, 0) is 56.0 Å². The van der Waals surface area contributed by atoms with E-state index in [0.717, 1.165) is 13.1 Å². The first kappa shape index (κ1) is 16.4. The van der Waals surface area contributed by atoms with Crippen LogP contribution in [0.1, 0.15) is 45.6 Å². The number of hydrogen-bond acceptors (Lipinski definition) is 2. The van der Waals surface area contributed by atoms with Gasteiger partial charge in [-0.1, -0.05) is 32.9 Å². The van der Waals surface area contributed by atoms with Crippen molar-refractivity contribution in [1.29, 1.82) is 0 Å². The fourth-order valence-electron chi connectivity index (χ4n) is 3.54. The lowest BCUT2D eigenvalue weighted by Crippen LogP contribution is -2.50. The molecule has 2 rings (SSSR count). The van der Waals surface area contributed by atoms with Crippen LogP contribution >= 0.6 is 0 Å². The molecule has 3 heteroatoms. The zero-order valence-corrected chi connectivity index (χ0v) is 13.8. The Hall–Kier alpha value is -0.930. The van der Waals surface area contributed by atoms with Gasteiger partial charge in [0.05, 0.1) is 0 Å². The van der Waals surface area contributed by atoms with Gasteiger partial charge >= 0.3 is 0 Å². The largest absolute Gasteiger partial charge is 0.312 e. The third-order valence-corrected chi connectivity index (χ3v) is 4.84. The number of nitrogens with zero attached hydrogens (tertiary/aromatic N) is 1. The highest BCUT2D eigenvalue weighted by atomic mass is 19.1. The normalized spacial score (nSPS) is 24.7. The molecule has 118 valence electrons. The molecule has 0 saturated heterocycles. The SMILES string of the molecule is CCCNC1C(N(C)Cc2ccc(F)cc2)CCC1(C)C. The molecule has 0 spiro atoms. The summed E-state index contributed by atoms with van der Waals surface area (Å²) in [5.74, 6) is -0.161. The van der Waals surface area contributed by atoms with Crippen LogP contribution in [0, 0.1) is 11.2 Å². The lowest BCUT2D eigenvalue weighted by Gasteiger charge is -2.36. The molecule has 1 fully saturated rings. The van der Waals surface area contributed by atoms with Crippen LogP contribution in [0.25, 0.3) is 0 Å². The monoisotopic (exact) mass is 292 g/mol. The topological polar surface area (TPSA) is 15.3 Å². The Morgan fingerprint density at radius 2 is 1.95 bits per heavy atom. The third-order valence-electron chi connectivity index (χ3n) is 4.84. The second kappa shape index (κ2) is 6.89. The molecule has 1 aromatic rings. The van der Waals surface area contributed by atoms with Crippen molar-refractivity contribution < 1.29 is 4.39 Å². The van der Waals surface area contributed by atoms with Crippen LogP contribution < -0.4 is 5.32 Å². The number of rotatable bonds is 6. The summed E-state index contributed by atoms with van der Waals surface area (Å²) in [4.78, 5) is 2.43. The average molecular weight is 292 g/mol. The zero-order chi connectivity index (χ0) is 15.5. The molecule has 0 amide bonds. The van der Waals surface area contributed by atoms with E-state index >= 15 is 0 Å². The maximum Gasteiger partial charge on any atom is 0.123 e. The van der Waals surface area contributed by atoms with Gasteiger partial charge in [0.1, 0.15) is 5.82 Å². The van der Waals surface area contributed by atoms with Gasteiger partial charge in [0, 0.05) is 18.6 Å². The number of halogens is 1. The highest BCUT2D eigenvalue weighted by Gasteiger charge is 2.42. The van der Waals surface area contributed by atoms with Crippen LogP contribution in [0.5, 0.6) is 0 Å².